The van der Waals surface area contributed by atoms with Gasteiger partial charge in [0.25, 0.3) is 0 Å². The van der Waals surface area contributed by atoms with Crippen molar-refractivity contribution in [3.8, 4) is 0 Å². The number of nitrogens with one attached hydrogen (secondary N) is 1. The maximum atomic E-state index is 8.88. The number of oxime groups is 1. The average molecular weight is 247 g/mol. The van der Waals surface area contributed by atoms with Gasteiger partial charge in [0.15, 0.2) is 17.3 Å². The van der Waals surface area contributed by atoms with Crippen LogP contribution in [0.3, 0.4) is 0 Å². The predicted octanol–water partition coefficient (Wildman–Crippen LogP) is 0.620. The third kappa shape index (κ3) is 2.76. The lowest BCUT2D eigenvalue weighted by Gasteiger charge is -2.05. The highest BCUT2D eigenvalue weighted by molar-refractivity contribution is 5.99. The molecule has 0 saturated heterocycles. The van der Waals surface area contributed by atoms with Crippen molar-refractivity contribution in [1.29, 1.82) is 0 Å². The molecule has 0 amide bonds. The second kappa shape index (κ2) is 5.67. The summed E-state index contributed by atoms with van der Waals surface area (Å²) in [5.41, 5.74) is 6.87. The first-order valence-corrected chi connectivity index (χ1v) is 5.39. The molecule has 1 aromatic heterocycles. The van der Waals surface area contributed by atoms with Crippen LogP contribution < -0.4 is 11.1 Å². The van der Waals surface area contributed by atoms with Crippen LogP contribution in [0.2, 0.25) is 0 Å². The maximum absolute atomic E-state index is 8.88. The van der Waals surface area contributed by atoms with Crippen molar-refractivity contribution in [3.63, 3.8) is 0 Å². The lowest BCUT2D eigenvalue weighted by molar-refractivity contribution is 0.304. The molecule has 7 heteroatoms. The fraction of sp³-hybridized carbons (Fsp3) is 0.182. The van der Waals surface area contributed by atoms with E-state index in [1.807, 2.05) is 30.3 Å². The molecule has 0 spiro atoms. The zero-order valence-electron chi connectivity index (χ0n) is 9.58. The molecule has 0 fully saturated rings. The molecule has 2 aromatic rings. The van der Waals surface area contributed by atoms with Crippen LogP contribution in [-0.2, 0) is 6.42 Å². The molecule has 0 aliphatic rings. The highest BCUT2D eigenvalue weighted by Crippen LogP contribution is 2.04. The molecule has 18 heavy (non-hydrogen) atoms. The molecule has 0 bridgehead atoms. The van der Waals surface area contributed by atoms with E-state index in [2.05, 4.69) is 25.4 Å². The Kier molecular flexibility index (Phi) is 3.75. The standard InChI is InChI=1S/C11H13N5O2/c12-10-9(15-18-16-10)11(14-17)13-7-6-8-4-2-1-3-5-8/h1-5,17H,6-7H2,(H2,12,16)(H,13,14). The molecule has 0 atom stereocenters. The number of nitrogen functional groups attached to an aromatic ring is 1. The Bertz CT molecular complexity index is 523. The van der Waals surface area contributed by atoms with E-state index in [0.29, 0.717) is 6.54 Å². The van der Waals surface area contributed by atoms with E-state index < -0.39 is 0 Å². The molecule has 0 unspecified atom stereocenters. The van der Waals surface area contributed by atoms with Crippen LogP contribution in [0.25, 0.3) is 0 Å². The highest BCUT2D eigenvalue weighted by Gasteiger charge is 2.13. The van der Waals surface area contributed by atoms with Gasteiger partial charge in [-0.2, -0.15) is 0 Å². The molecule has 0 aliphatic carbocycles. The fourth-order valence-electron chi connectivity index (χ4n) is 1.50. The monoisotopic (exact) mass is 247 g/mol. The van der Waals surface area contributed by atoms with E-state index in [4.69, 9.17) is 10.9 Å². The first-order valence-electron chi connectivity index (χ1n) is 5.39. The van der Waals surface area contributed by atoms with Gasteiger partial charge in [0.2, 0.25) is 0 Å². The van der Waals surface area contributed by atoms with E-state index >= 15 is 0 Å². The molecule has 0 saturated carbocycles. The topological polar surface area (TPSA) is 110 Å². The van der Waals surface area contributed by atoms with Gasteiger partial charge in [-0.1, -0.05) is 35.5 Å². The Morgan fingerprint density at radius 2 is 2.11 bits per heavy atom. The molecule has 94 valence electrons. The van der Waals surface area contributed by atoms with Gasteiger partial charge in [-0.25, -0.2) is 4.63 Å². The van der Waals surface area contributed by atoms with Gasteiger partial charge in [-0.05, 0) is 22.3 Å². The van der Waals surface area contributed by atoms with E-state index in [0.717, 1.165) is 6.42 Å². The van der Waals surface area contributed by atoms with Gasteiger partial charge in [0.1, 0.15) is 0 Å². The SMILES string of the molecule is Nc1nonc1/C(=N/O)NCCc1ccccc1. The van der Waals surface area contributed by atoms with Crippen molar-refractivity contribution < 1.29 is 9.84 Å². The van der Waals surface area contributed by atoms with Crippen LogP contribution in [0.4, 0.5) is 5.82 Å². The lowest BCUT2D eigenvalue weighted by Crippen LogP contribution is -2.27. The summed E-state index contributed by atoms with van der Waals surface area (Å²) >= 11 is 0. The summed E-state index contributed by atoms with van der Waals surface area (Å²) < 4.78 is 4.44. The quantitative estimate of drug-likeness (QED) is 0.316. The van der Waals surface area contributed by atoms with Crippen LogP contribution in [0.15, 0.2) is 40.1 Å². The smallest absolute Gasteiger partial charge is 0.199 e. The number of benzene rings is 1. The Labute approximate surface area is 103 Å². The normalized spacial score (nSPS) is 11.4. The molecular weight excluding hydrogens is 234 g/mol. The van der Waals surface area contributed by atoms with Crippen LogP contribution in [-0.4, -0.2) is 27.9 Å². The van der Waals surface area contributed by atoms with Crippen molar-refractivity contribution in [1.82, 2.24) is 15.6 Å². The number of aromatic nitrogens is 2. The van der Waals surface area contributed by atoms with Crippen LogP contribution in [0.1, 0.15) is 11.3 Å². The summed E-state index contributed by atoms with van der Waals surface area (Å²) in [7, 11) is 0. The number of amidine groups is 1. The number of nitrogens with two attached hydrogens (primary N) is 1. The largest absolute Gasteiger partial charge is 0.409 e. The Morgan fingerprint density at radius 3 is 2.72 bits per heavy atom. The van der Waals surface area contributed by atoms with Crippen molar-refractivity contribution in [2.24, 2.45) is 5.16 Å². The predicted molar refractivity (Wildman–Crippen MR) is 65.2 cm³/mol. The molecule has 0 radical (unpaired) electrons. The molecule has 4 N–H and O–H groups in total. The van der Waals surface area contributed by atoms with Gasteiger partial charge in [-0.15, -0.1) is 0 Å². The first-order chi connectivity index (χ1) is 8.81. The van der Waals surface area contributed by atoms with Crippen molar-refractivity contribution >= 4 is 11.7 Å². The Morgan fingerprint density at radius 1 is 1.33 bits per heavy atom. The summed E-state index contributed by atoms with van der Waals surface area (Å²) in [5, 5.41) is 21.8. The first kappa shape index (κ1) is 11.9. The average Bonchev–Trinajstić information content (AvgIpc) is 2.82. The minimum Gasteiger partial charge on any atom is -0.409 e. The van der Waals surface area contributed by atoms with Gasteiger partial charge in [0.05, 0.1) is 0 Å². The number of hydrogen-bond acceptors (Lipinski definition) is 6. The minimum absolute atomic E-state index is 0.0787. The Balaban J connectivity index is 1.92. The molecule has 7 nitrogen and oxygen atoms in total. The lowest BCUT2D eigenvalue weighted by atomic mass is 10.1. The maximum Gasteiger partial charge on any atom is 0.199 e. The van der Waals surface area contributed by atoms with Crippen LogP contribution in [0, 0.1) is 0 Å². The number of hydrogen-bond donors (Lipinski definition) is 3. The van der Waals surface area contributed by atoms with Gasteiger partial charge in [-0.3, -0.25) is 0 Å². The molecule has 2 rings (SSSR count). The van der Waals surface area contributed by atoms with Crippen molar-refractivity contribution in [3.05, 3.63) is 41.6 Å². The van der Waals surface area contributed by atoms with Crippen molar-refractivity contribution in [2.75, 3.05) is 12.3 Å². The van der Waals surface area contributed by atoms with E-state index in [-0.39, 0.29) is 17.3 Å². The van der Waals surface area contributed by atoms with E-state index in [1.165, 1.54) is 5.56 Å². The zero-order valence-corrected chi connectivity index (χ0v) is 9.58. The fourth-order valence-corrected chi connectivity index (χ4v) is 1.50. The summed E-state index contributed by atoms with van der Waals surface area (Å²) in [5.74, 6) is 0.222. The Hall–Kier alpha value is -2.57. The highest BCUT2D eigenvalue weighted by atomic mass is 16.6. The van der Waals surface area contributed by atoms with Crippen LogP contribution in [0.5, 0.6) is 0 Å². The van der Waals surface area contributed by atoms with Gasteiger partial charge >= 0.3 is 0 Å². The summed E-state index contributed by atoms with van der Waals surface area (Å²) in [6.07, 6.45) is 0.783. The van der Waals surface area contributed by atoms with Gasteiger partial charge < -0.3 is 16.3 Å². The van der Waals surface area contributed by atoms with Crippen LogP contribution >= 0.6 is 0 Å². The van der Waals surface area contributed by atoms with E-state index in [9.17, 15) is 0 Å². The molecule has 1 heterocycles. The third-order valence-electron chi connectivity index (χ3n) is 2.39. The van der Waals surface area contributed by atoms with Gasteiger partial charge in [0, 0.05) is 6.54 Å². The number of anilines is 1. The summed E-state index contributed by atoms with van der Waals surface area (Å²) in [6.45, 7) is 0.579. The summed E-state index contributed by atoms with van der Waals surface area (Å²) in [6, 6.07) is 9.93. The molecular formula is C11H13N5O2. The third-order valence-corrected chi connectivity index (χ3v) is 2.39. The van der Waals surface area contributed by atoms with Crippen molar-refractivity contribution in [2.45, 2.75) is 6.42 Å². The second-order valence-electron chi connectivity index (χ2n) is 3.61. The number of rotatable bonds is 4. The molecule has 1 aromatic carbocycles. The zero-order chi connectivity index (χ0) is 12.8. The van der Waals surface area contributed by atoms with E-state index in [1.54, 1.807) is 0 Å². The molecule has 0 aliphatic heterocycles. The summed E-state index contributed by atoms with van der Waals surface area (Å²) in [4.78, 5) is 0. The number of nitrogens with zero attached hydrogens (tertiary/aromatic N) is 3. The minimum atomic E-state index is 0.0787. The second-order valence-corrected chi connectivity index (χ2v) is 3.61.